The number of ether oxygens (including phenoxy) is 1. The van der Waals surface area contributed by atoms with E-state index in [1.165, 1.54) is 16.7 Å². The molecule has 1 heterocycles. The number of aromatic nitrogens is 2. The molecule has 0 amide bonds. The third kappa shape index (κ3) is 4.17. The lowest BCUT2D eigenvalue weighted by Gasteiger charge is -2.21. The van der Waals surface area contributed by atoms with Gasteiger partial charge in [0.25, 0.3) is 5.56 Å². The van der Waals surface area contributed by atoms with E-state index in [-0.39, 0.29) is 40.1 Å². The topological polar surface area (TPSA) is 73.5 Å². The molecule has 0 aliphatic carbocycles. The summed E-state index contributed by atoms with van der Waals surface area (Å²) in [5.74, 6) is -0.905. The first-order valence-corrected chi connectivity index (χ1v) is 10.8. The summed E-state index contributed by atoms with van der Waals surface area (Å²) in [5, 5.41) is 12.0. The Bertz CT molecular complexity index is 1450. The highest BCUT2D eigenvalue weighted by Gasteiger charge is 2.23. The molecule has 0 aliphatic rings. The fraction of sp³-hybridized carbons (Fsp3) is 0.200. The second-order valence-electron chi connectivity index (χ2n) is 7.96. The van der Waals surface area contributed by atoms with Gasteiger partial charge in [0.15, 0.2) is 0 Å². The molecule has 0 saturated heterocycles. The Morgan fingerprint density at radius 1 is 1.03 bits per heavy atom. The number of nitrogens with zero attached hydrogens (tertiary/aromatic N) is 2. The summed E-state index contributed by atoms with van der Waals surface area (Å²) >= 11 is 5.83. The molecule has 0 bridgehead atoms. The fourth-order valence-electron chi connectivity index (χ4n) is 3.93. The first kappa shape index (κ1) is 22.8. The second kappa shape index (κ2) is 9.21. The van der Waals surface area contributed by atoms with Gasteiger partial charge in [-0.05, 0) is 22.8 Å². The molecule has 0 atom stereocenters. The van der Waals surface area contributed by atoms with Gasteiger partial charge in [-0.15, -0.1) is 0 Å². The highest BCUT2D eigenvalue weighted by Crippen LogP contribution is 2.32. The van der Waals surface area contributed by atoms with Crippen molar-refractivity contribution >= 4 is 22.4 Å². The van der Waals surface area contributed by atoms with Crippen molar-refractivity contribution in [2.24, 2.45) is 0 Å². The van der Waals surface area contributed by atoms with Crippen molar-refractivity contribution in [1.29, 1.82) is 0 Å². The van der Waals surface area contributed by atoms with Gasteiger partial charge in [-0.1, -0.05) is 84.8 Å². The Labute approximate surface area is 194 Å². The highest BCUT2D eigenvalue weighted by atomic mass is 35.5. The number of rotatable bonds is 6. The molecule has 4 rings (SSSR count). The van der Waals surface area contributed by atoms with Crippen molar-refractivity contribution in [2.45, 2.75) is 33.1 Å². The van der Waals surface area contributed by atoms with Gasteiger partial charge in [0.05, 0.1) is 17.3 Å². The Hall–Kier alpha value is -3.42. The molecule has 8 heteroatoms. The molecule has 33 heavy (non-hydrogen) atoms. The maximum atomic E-state index is 14.2. The minimum Gasteiger partial charge on any atom is -0.421 e. The molecular formula is C25H22ClFN2O4. The monoisotopic (exact) mass is 468 g/mol. The molecule has 6 nitrogen and oxygen atoms in total. The van der Waals surface area contributed by atoms with Gasteiger partial charge in [0.2, 0.25) is 0 Å². The molecule has 0 spiro atoms. The van der Waals surface area contributed by atoms with Gasteiger partial charge in [-0.25, -0.2) is 9.18 Å². The highest BCUT2D eigenvalue weighted by molar-refractivity contribution is 6.30. The maximum absolute atomic E-state index is 14.2. The maximum Gasteiger partial charge on any atom is 0.366 e. The Kier molecular flexibility index (Phi) is 6.35. The summed E-state index contributed by atoms with van der Waals surface area (Å²) in [6.45, 7) is 3.14. The predicted octanol–water partition coefficient (Wildman–Crippen LogP) is 5.16. The Morgan fingerprint density at radius 3 is 2.48 bits per heavy atom. The van der Waals surface area contributed by atoms with Crippen LogP contribution in [0.3, 0.4) is 0 Å². The van der Waals surface area contributed by atoms with Crippen LogP contribution in [0.4, 0.5) is 4.39 Å². The average molecular weight is 469 g/mol. The van der Waals surface area contributed by atoms with Crippen LogP contribution < -0.4 is 11.2 Å². The smallest absolute Gasteiger partial charge is 0.366 e. The van der Waals surface area contributed by atoms with Crippen molar-refractivity contribution in [1.82, 2.24) is 9.30 Å². The predicted molar refractivity (Wildman–Crippen MR) is 125 cm³/mol. The van der Waals surface area contributed by atoms with Gasteiger partial charge in [-0.2, -0.15) is 0 Å². The SMILES string of the molecule is CC(C)c1c(-c2cccc3ccccc23)n(COCc2cccc(Cl)c2F)c(=O)n(O)c1=O. The van der Waals surface area contributed by atoms with Crippen LogP contribution in [0.5, 0.6) is 0 Å². The van der Waals surface area contributed by atoms with Crippen LogP contribution in [0.1, 0.15) is 30.9 Å². The van der Waals surface area contributed by atoms with E-state index in [1.54, 1.807) is 6.07 Å². The van der Waals surface area contributed by atoms with Crippen LogP contribution in [0, 0.1) is 5.82 Å². The van der Waals surface area contributed by atoms with Crippen molar-refractivity contribution in [2.75, 3.05) is 0 Å². The minimum absolute atomic E-state index is 0.0317. The number of benzene rings is 3. The molecule has 0 unspecified atom stereocenters. The van der Waals surface area contributed by atoms with Gasteiger partial charge >= 0.3 is 5.69 Å². The van der Waals surface area contributed by atoms with E-state index in [0.29, 0.717) is 11.3 Å². The summed E-state index contributed by atoms with van der Waals surface area (Å²) in [5.41, 5.74) is -0.221. The van der Waals surface area contributed by atoms with Crippen LogP contribution in [0.2, 0.25) is 5.02 Å². The van der Waals surface area contributed by atoms with Crippen molar-refractivity contribution < 1.29 is 14.3 Å². The van der Waals surface area contributed by atoms with Crippen LogP contribution in [-0.2, 0) is 18.1 Å². The van der Waals surface area contributed by atoms with Gasteiger partial charge in [-0.3, -0.25) is 9.36 Å². The van der Waals surface area contributed by atoms with Crippen molar-refractivity contribution in [3.05, 3.63) is 103 Å². The number of fused-ring (bicyclic) bond motifs is 1. The standard InChI is InChI=1S/C25H22ClFN2O4/c1-15(2)21-23(19-11-5-8-16-7-3-4-10-18(16)19)28(25(31)29(32)24(21)30)14-33-13-17-9-6-12-20(26)22(17)27/h3-12,15,32H,13-14H2,1-2H3. The van der Waals surface area contributed by atoms with E-state index in [2.05, 4.69) is 0 Å². The molecule has 170 valence electrons. The lowest BCUT2D eigenvalue weighted by Crippen LogP contribution is -2.42. The molecular weight excluding hydrogens is 447 g/mol. The molecule has 0 saturated carbocycles. The minimum atomic E-state index is -0.945. The van der Waals surface area contributed by atoms with Gasteiger partial charge < -0.3 is 9.94 Å². The van der Waals surface area contributed by atoms with Crippen LogP contribution in [-0.4, -0.2) is 14.5 Å². The van der Waals surface area contributed by atoms with Gasteiger partial charge in [0.1, 0.15) is 12.5 Å². The summed E-state index contributed by atoms with van der Waals surface area (Å²) in [6, 6.07) is 17.7. The van der Waals surface area contributed by atoms with E-state index in [0.717, 1.165) is 10.8 Å². The number of hydrogen-bond acceptors (Lipinski definition) is 4. The van der Waals surface area contributed by atoms with Crippen LogP contribution in [0.25, 0.3) is 22.0 Å². The van der Waals surface area contributed by atoms with E-state index in [9.17, 15) is 19.2 Å². The van der Waals surface area contributed by atoms with Crippen LogP contribution in [0.15, 0.2) is 70.3 Å². The second-order valence-corrected chi connectivity index (χ2v) is 8.37. The lowest BCUT2D eigenvalue weighted by molar-refractivity contribution is 0.0516. The number of hydrogen-bond donors (Lipinski definition) is 1. The van der Waals surface area contributed by atoms with Crippen molar-refractivity contribution in [3.8, 4) is 11.3 Å². The zero-order valence-electron chi connectivity index (χ0n) is 18.1. The summed E-state index contributed by atoms with van der Waals surface area (Å²) in [4.78, 5) is 25.8. The third-order valence-electron chi connectivity index (χ3n) is 5.49. The van der Waals surface area contributed by atoms with Crippen molar-refractivity contribution in [3.63, 3.8) is 0 Å². The Balaban J connectivity index is 1.88. The first-order valence-electron chi connectivity index (χ1n) is 10.4. The summed E-state index contributed by atoms with van der Waals surface area (Å²) < 4.78 is 21.2. The molecule has 0 fully saturated rings. The molecule has 4 aromatic rings. The molecule has 3 aromatic carbocycles. The lowest BCUT2D eigenvalue weighted by atomic mass is 9.94. The fourth-order valence-corrected chi connectivity index (χ4v) is 4.12. The zero-order valence-corrected chi connectivity index (χ0v) is 18.8. The molecule has 1 aromatic heterocycles. The summed E-state index contributed by atoms with van der Waals surface area (Å²) in [6.07, 6.45) is 0. The first-order chi connectivity index (χ1) is 15.8. The normalized spacial score (nSPS) is 11.4. The largest absolute Gasteiger partial charge is 0.421 e. The summed E-state index contributed by atoms with van der Waals surface area (Å²) in [7, 11) is 0. The van der Waals surface area contributed by atoms with E-state index in [1.807, 2.05) is 56.3 Å². The van der Waals surface area contributed by atoms with E-state index >= 15 is 0 Å². The third-order valence-corrected chi connectivity index (χ3v) is 5.78. The molecule has 1 N–H and O–H groups in total. The number of halogens is 2. The van der Waals surface area contributed by atoms with E-state index < -0.39 is 17.1 Å². The Morgan fingerprint density at radius 2 is 1.73 bits per heavy atom. The molecule has 0 aliphatic heterocycles. The van der Waals surface area contributed by atoms with Gasteiger partial charge in [0, 0.05) is 16.7 Å². The van der Waals surface area contributed by atoms with E-state index in [4.69, 9.17) is 16.3 Å². The quantitative estimate of drug-likeness (QED) is 0.397. The van der Waals surface area contributed by atoms with Crippen LogP contribution >= 0.6 is 11.6 Å². The molecule has 0 radical (unpaired) electrons. The average Bonchev–Trinajstić information content (AvgIpc) is 2.81. The zero-order chi connectivity index (χ0) is 23.7.